The van der Waals surface area contributed by atoms with Gasteiger partial charge in [0.25, 0.3) is 5.95 Å². The first-order chi connectivity index (χ1) is 20.5. The van der Waals surface area contributed by atoms with Crippen molar-refractivity contribution in [2.75, 3.05) is 25.0 Å². The molecule has 0 bridgehead atoms. The third-order valence-electron chi connectivity index (χ3n) is 8.47. The summed E-state index contributed by atoms with van der Waals surface area (Å²) in [7, 11) is 0. The Hall–Kier alpha value is -2.85. The van der Waals surface area contributed by atoms with E-state index in [2.05, 4.69) is 39.4 Å². The van der Waals surface area contributed by atoms with Gasteiger partial charge in [0.15, 0.2) is 0 Å². The number of amidine groups is 1. The number of hydrogen-bond donors (Lipinski definition) is 3. The van der Waals surface area contributed by atoms with E-state index in [1.807, 2.05) is 24.9 Å². The Morgan fingerprint density at radius 3 is 2.51 bits per heavy atom. The van der Waals surface area contributed by atoms with Crippen LogP contribution in [0.3, 0.4) is 0 Å². The highest BCUT2D eigenvalue weighted by Crippen LogP contribution is 2.47. The van der Waals surface area contributed by atoms with Crippen LogP contribution in [-0.4, -0.2) is 52.3 Å². The first-order valence-corrected chi connectivity index (χ1v) is 16.3. The number of halogens is 3. The highest BCUT2D eigenvalue weighted by molar-refractivity contribution is 5.98. The lowest BCUT2D eigenvalue weighted by molar-refractivity contribution is -0.137. The van der Waals surface area contributed by atoms with E-state index in [0.29, 0.717) is 37.9 Å². The van der Waals surface area contributed by atoms with E-state index >= 15 is 0 Å². The number of rotatable bonds is 20. The predicted molar refractivity (Wildman–Crippen MR) is 167 cm³/mol. The molecule has 2 saturated carbocycles. The maximum atomic E-state index is 13.9. The molecule has 4 N–H and O–H groups in total. The van der Waals surface area contributed by atoms with E-state index in [9.17, 15) is 18.0 Å². The Labute approximate surface area is 255 Å². The number of carbonyl (C=O) groups is 1. The highest BCUT2D eigenvalue weighted by Gasteiger charge is 2.45. The third-order valence-corrected chi connectivity index (χ3v) is 8.47. The Morgan fingerprint density at radius 2 is 1.93 bits per heavy atom. The standard InChI is InChI=1S/C32H52F3N7O/c1-5-9-11-25(10-6-2)37-19-24(8-4)28(36)40-30-38-20-26(32(33,34)35)29(41-30)39-21-31(16-17-31)22-42(18-7-3)27(43)15-14-23-12-13-23/h19-20,23,25,37H,5-18,21-22H2,1-4H3,(H3,36,38,39,40,41)/b24-19-. The Balaban J connectivity index is 1.73. The van der Waals surface area contributed by atoms with Gasteiger partial charge in [0.05, 0.1) is 0 Å². The maximum absolute atomic E-state index is 13.9. The molecule has 0 aromatic carbocycles. The van der Waals surface area contributed by atoms with E-state index in [0.717, 1.165) is 69.6 Å². The van der Waals surface area contributed by atoms with E-state index in [-0.39, 0.29) is 35.5 Å². The van der Waals surface area contributed by atoms with Gasteiger partial charge >= 0.3 is 6.18 Å². The van der Waals surface area contributed by atoms with Crippen molar-refractivity contribution in [3.63, 3.8) is 0 Å². The minimum atomic E-state index is -4.63. The summed E-state index contributed by atoms with van der Waals surface area (Å²) in [5, 5.41) is 6.41. The summed E-state index contributed by atoms with van der Waals surface area (Å²) >= 11 is 0. The normalized spacial score (nSPS) is 17.5. The zero-order chi connectivity index (χ0) is 31.5. The van der Waals surface area contributed by atoms with Gasteiger partial charge in [-0.05, 0) is 50.9 Å². The molecule has 3 rings (SSSR count). The van der Waals surface area contributed by atoms with E-state index in [1.165, 1.54) is 12.8 Å². The number of carbonyl (C=O) groups excluding carboxylic acids is 1. The number of amides is 1. The molecule has 1 unspecified atom stereocenters. The first-order valence-electron chi connectivity index (χ1n) is 16.3. The fraction of sp³-hybridized carbons (Fsp3) is 0.750. The fourth-order valence-electron chi connectivity index (χ4n) is 5.33. The average molecular weight is 608 g/mol. The van der Waals surface area contributed by atoms with E-state index in [1.54, 1.807) is 0 Å². The van der Waals surface area contributed by atoms with Crippen molar-refractivity contribution in [1.29, 1.82) is 0 Å². The minimum absolute atomic E-state index is 0.129. The van der Waals surface area contributed by atoms with Gasteiger partial charge < -0.3 is 21.3 Å². The van der Waals surface area contributed by atoms with Crippen LogP contribution in [0.1, 0.15) is 117 Å². The molecular weight excluding hydrogens is 555 g/mol. The zero-order valence-electron chi connectivity index (χ0n) is 26.5. The van der Waals surface area contributed by atoms with Gasteiger partial charge in [0.1, 0.15) is 17.2 Å². The fourth-order valence-corrected chi connectivity index (χ4v) is 5.33. The lowest BCUT2D eigenvalue weighted by Crippen LogP contribution is -2.39. The molecule has 8 nitrogen and oxygen atoms in total. The van der Waals surface area contributed by atoms with Crippen LogP contribution in [-0.2, 0) is 11.0 Å². The van der Waals surface area contributed by atoms with Crippen LogP contribution in [0.15, 0.2) is 23.0 Å². The second-order valence-corrected chi connectivity index (χ2v) is 12.4. The lowest BCUT2D eigenvalue weighted by atomic mass is 10.1. The molecule has 1 aromatic rings. The highest BCUT2D eigenvalue weighted by atomic mass is 19.4. The molecule has 0 saturated heterocycles. The van der Waals surface area contributed by atoms with Gasteiger partial charge in [-0.15, -0.1) is 0 Å². The summed E-state index contributed by atoms with van der Waals surface area (Å²) in [6.07, 6.45) is 10.4. The van der Waals surface area contributed by atoms with Crippen molar-refractivity contribution in [3.05, 3.63) is 23.5 Å². The number of unbranched alkanes of at least 4 members (excludes halogenated alkanes) is 1. The first kappa shape index (κ1) is 34.6. The molecule has 1 aromatic heterocycles. The second kappa shape index (κ2) is 16.3. The summed E-state index contributed by atoms with van der Waals surface area (Å²) in [6, 6.07) is 0.328. The van der Waals surface area contributed by atoms with E-state index < -0.39 is 11.7 Å². The van der Waals surface area contributed by atoms with Crippen LogP contribution in [0.5, 0.6) is 0 Å². The molecule has 2 fully saturated rings. The molecule has 1 heterocycles. The topological polar surface area (TPSA) is 109 Å². The number of anilines is 1. The quantitative estimate of drug-likeness (QED) is 0.106. The molecular formula is C32H52F3N7O. The van der Waals surface area contributed by atoms with Gasteiger partial charge in [-0.3, -0.25) is 4.79 Å². The van der Waals surface area contributed by atoms with Gasteiger partial charge in [-0.25, -0.2) is 4.98 Å². The number of nitrogens with two attached hydrogens (primary N) is 1. The molecule has 0 radical (unpaired) electrons. The minimum Gasteiger partial charge on any atom is -0.388 e. The number of alkyl halides is 3. The summed E-state index contributed by atoms with van der Waals surface area (Å²) < 4.78 is 41.7. The van der Waals surface area contributed by atoms with Crippen LogP contribution in [0.25, 0.3) is 0 Å². The maximum Gasteiger partial charge on any atom is 0.421 e. The van der Waals surface area contributed by atoms with Gasteiger partial charge in [-0.1, -0.05) is 59.8 Å². The smallest absolute Gasteiger partial charge is 0.388 e. The summed E-state index contributed by atoms with van der Waals surface area (Å²) in [6.45, 7) is 9.77. The number of aliphatic imine (C=N–C) groups is 1. The number of hydrogen-bond acceptors (Lipinski definition) is 6. The second-order valence-electron chi connectivity index (χ2n) is 12.4. The molecule has 1 amide bonds. The zero-order valence-corrected chi connectivity index (χ0v) is 26.5. The molecule has 43 heavy (non-hydrogen) atoms. The van der Waals surface area contributed by atoms with Gasteiger partial charge in [-0.2, -0.15) is 23.1 Å². The van der Waals surface area contributed by atoms with Crippen LogP contribution < -0.4 is 16.4 Å². The third kappa shape index (κ3) is 11.3. The number of nitrogens with one attached hydrogen (secondary N) is 2. The Morgan fingerprint density at radius 1 is 1.19 bits per heavy atom. The average Bonchev–Trinajstić information content (AvgIpc) is 3.90. The van der Waals surface area contributed by atoms with Crippen molar-refractivity contribution in [3.8, 4) is 0 Å². The van der Waals surface area contributed by atoms with Crippen molar-refractivity contribution in [2.45, 2.75) is 123 Å². The van der Waals surface area contributed by atoms with Crippen LogP contribution in [0, 0.1) is 11.3 Å². The predicted octanol–water partition coefficient (Wildman–Crippen LogP) is 7.35. The molecule has 242 valence electrons. The van der Waals surface area contributed by atoms with Crippen molar-refractivity contribution < 1.29 is 18.0 Å². The molecule has 11 heteroatoms. The molecule has 2 aliphatic carbocycles. The van der Waals surface area contributed by atoms with Crippen molar-refractivity contribution in [1.82, 2.24) is 20.2 Å². The Kier molecular flexibility index (Phi) is 13.1. The Bertz CT molecular complexity index is 1100. The van der Waals surface area contributed by atoms with Crippen LogP contribution in [0.2, 0.25) is 0 Å². The summed E-state index contributed by atoms with van der Waals surface area (Å²) in [5.74, 6) is 0.550. The number of aromatic nitrogens is 2. The SMILES string of the molecule is CCCCC(CCC)N/C=C(CC)\C(N)=N\c1ncc(C(F)(F)F)c(NCC2(CN(CCC)C(=O)CCC3CC3)CC2)n1. The largest absolute Gasteiger partial charge is 0.421 e. The monoisotopic (exact) mass is 607 g/mol. The van der Waals surface area contributed by atoms with Crippen LogP contribution >= 0.6 is 0 Å². The molecule has 2 aliphatic rings. The van der Waals surface area contributed by atoms with Crippen LogP contribution in [0.4, 0.5) is 24.9 Å². The van der Waals surface area contributed by atoms with Gasteiger partial charge in [0.2, 0.25) is 5.91 Å². The molecule has 1 atom stereocenters. The van der Waals surface area contributed by atoms with Crippen molar-refractivity contribution >= 4 is 23.5 Å². The summed E-state index contributed by atoms with van der Waals surface area (Å²) in [5.41, 5.74) is 5.82. The lowest BCUT2D eigenvalue weighted by Gasteiger charge is -2.28. The van der Waals surface area contributed by atoms with Crippen molar-refractivity contribution in [2.24, 2.45) is 22.1 Å². The molecule has 0 aliphatic heterocycles. The summed E-state index contributed by atoms with van der Waals surface area (Å²) in [4.78, 5) is 27.2. The number of nitrogens with zero attached hydrogens (tertiary/aromatic N) is 4. The van der Waals surface area contributed by atoms with E-state index in [4.69, 9.17) is 5.73 Å². The molecule has 0 spiro atoms. The van der Waals surface area contributed by atoms with Gasteiger partial charge in [0, 0.05) is 55.5 Å².